The van der Waals surface area contributed by atoms with Gasteiger partial charge in [-0.1, -0.05) is 44.9 Å². The van der Waals surface area contributed by atoms with Gasteiger partial charge in [0.25, 0.3) is 0 Å². The minimum absolute atomic E-state index is 0.444. The van der Waals surface area contributed by atoms with Gasteiger partial charge in [-0.2, -0.15) is 0 Å². The Labute approximate surface area is 162 Å². The van der Waals surface area contributed by atoms with Gasteiger partial charge in [0, 0.05) is 27.4 Å². The Bertz CT molecular complexity index is 347. The highest BCUT2D eigenvalue weighted by atomic mass is 31.2. The maximum atomic E-state index is 12.3. The Morgan fingerprint density at radius 3 is 1.42 bits per heavy atom. The van der Waals surface area contributed by atoms with Crippen molar-refractivity contribution in [3.05, 3.63) is 0 Å². The summed E-state index contributed by atoms with van der Waals surface area (Å²) < 4.78 is 39.2. The number of hydrogen-bond donors (Lipinski definition) is 0. The summed E-state index contributed by atoms with van der Waals surface area (Å²) in [6.07, 6.45) is 11.0. The minimum Gasteiger partial charge on any atom is -0.377 e. The van der Waals surface area contributed by atoms with E-state index in [-0.39, 0.29) is 0 Å². The number of unbranched alkanes of at least 4 members (excludes halogenated alkanes) is 8. The molecule has 0 aromatic carbocycles. The molecule has 8 heteroatoms. The molecule has 0 heterocycles. The van der Waals surface area contributed by atoms with Gasteiger partial charge in [-0.25, -0.2) is 0 Å². The van der Waals surface area contributed by atoms with Crippen LogP contribution in [0.25, 0.3) is 0 Å². The molecule has 6 nitrogen and oxygen atoms in total. The average Bonchev–Trinajstić information content (AvgIpc) is 2.64. The molecule has 26 heavy (non-hydrogen) atoms. The fourth-order valence-electron chi connectivity index (χ4n) is 3.00. The molecule has 0 saturated heterocycles. The van der Waals surface area contributed by atoms with Gasteiger partial charge in [-0.3, -0.25) is 4.57 Å². The van der Waals surface area contributed by atoms with Gasteiger partial charge in [-0.05, 0) is 26.7 Å². The standard InChI is InChI=1S/C18H41O6PSi/c1-6-23-25(19,24-7-2)17-15-13-11-9-8-10-12-14-16-18-26(20-3,21-4)22-5/h6-18H2,1-5H3. The molecule has 0 spiro atoms. The summed E-state index contributed by atoms with van der Waals surface area (Å²) in [5, 5.41) is 0. The van der Waals surface area contributed by atoms with Crippen molar-refractivity contribution in [3.63, 3.8) is 0 Å². The van der Waals surface area contributed by atoms with E-state index < -0.39 is 16.4 Å². The Balaban J connectivity index is 3.58. The lowest BCUT2D eigenvalue weighted by Gasteiger charge is -2.24. The first kappa shape index (κ1) is 26.2. The topological polar surface area (TPSA) is 63.2 Å². The Morgan fingerprint density at radius 2 is 1.04 bits per heavy atom. The summed E-state index contributed by atoms with van der Waals surface area (Å²) in [5.41, 5.74) is 0. The first-order chi connectivity index (χ1) is 12.5. The van der Waals surface area contributed by atoms with Gasteiger partial charge in [-0.15, -0.1) is 0 Å². The molecule has 0 aromatic rings. The van der Waals surface area contributed by atoms with Crippen molar-refractivity contribution in [1.29, 1.82) is 0 Å². The molecule has 0 bridgehead atoms. The quantitative estimate of drug-likeness (QED) is 0.155. The molecular weight excluding hydrogens is 371 g/mol. The van der Waals surface area contributed by atoms with E-state index in [1.54, 1.807) is 21.3 Å². The average molecular weight is 413 g/mol. The third-order valence-corrected chi connectivity index (χ3v) is 9.50. The molecule has 0 atom stereocenters. The van der Waals surface area contributed by atoms with E-state index in [2.05, 4.69) is 0 Å². The molecule has 0 radical (unpaired) electrons. The molecule has 0 unspecified atom stereocenters. The van der Waals surface area contributed by atoms with Crippen molar-refractivity contribution < 1.29 is 26.9 Å². The maximum Gasteiger partial charge on any atom is 0.500 e. The zero-order chi connectivity index (χ0) is 19.7. The fraction of sp³-hybridized carbons (Fsp3) is 1.00. The van der Waals surface area contributed by atoms with Gasteiger partial charge < -0.3 is 22.3 Å². The van der Waals surface area contributed by atoms with Crippen LogP contribution < -0.4 is 0 Å². The van der Waals surface area contributed by atoms with E-state index in [1.165, 1.54) is 38.5 Å². The SMILES string of the molecule is CCOP(=O)(CCCCCCCCCCC[Si](OC)(OC)OC)OCC. The summed E-state index contributed by atoms with van der Waals surface area (Å²) >= 11 is 0. The molecule has 0 rings (SSSR count). The van der Waals surface area contributed by atoms with Crippen LogP contribution in [-0.4, -0.2) is 49.5 Å². The normalized spacial score (nSPS) is 12.7. The lowest BCUT2D eigenvalue weighted by molar-refractivity contribution is 0.122. The van der Waals surface area contributed by atoms with Crippen LogP contribution in [0.3, 0.4) is 0 Å². The number of rotatable bonds is 19. The molecule has 0 N–H and O–H groups in total. The third kappa shape index (κ3) is 11.9. The van der Waals surface area contributed by atoms with Crippen LogP contribution >= 0.6 is 7.60 Å². The summed E-state index contributed by atoms with van der Waals surface area (Å²) in [4.78, 5) is 0. The minimum atomic E-state index is -2.84. The first-order valence-electron chi connectivity index (χ1n) is 10.0. The summed E-state index contributed by atoms with van der Waals surface area (Å²) in [6, 6.07) is 0.885. The van der Waals surface area contributed by atoms with Crippen molar-refractivity contribution >= 4 is 16.4 Å². The first-order valence-corrected chi connectivity index (χ1v) is 13.7. The van der Waals surface area contributed by atoms with Crippen LogP contribution in [0.4, 0.5) is 0 Å². The van der Waals surface area contributed by atoms with E-state index in [9.17, 15) is 4.57 Å². The smallest absolute Gasteiger partial charge is 0.377 e. The highest BCUT2D eigenvalue weighted by Gasteiger charge is 2.36. The zero-order valence-corrected chi connectivity index (χ0v) is 19.5. The second kappa shape index (κ2) is 16.2. The van der Waals surface area contributed by atoms with Gasteiger partial charge in [0.05, 0.1) is 19.4 Å². The Morgan fingerprint density at radius 1 is 0.654 bits per heavy atom. The van der Waals surface area contributed by atoms with E-state index in [0.29, 0.717) is 19.4 Å². The van der Waals surface area contributed by atoms with Crippen LogP contribution in [-0.2, 0) is 26.9 Å². The summed E-state index contributed by atoms with van der Waals surface area (Å²) in [7, 11) is -0.219. The monoisotopic (exact) mass is 412 g/mol. The highest BCUT2D eigenvalue weighted by molar-refractivity contribution is 7.53. The molecule has 0 aliphatic carbocycles. The molecule has 0 amide bonds. The van der Waals surface area contributed by atoms with Crippen LogP contribution in [0, 0.1) is 0 Å². The van der Waals surface area contributed by atoms with Crippen molar-refractivity contribution in [1.82, 2.24) is 0 Å². The second-order valence-electron chi connectivity index (χ2n) is 6.40. The van der Waals surface area contributed by atoms with E-state index in [0.717, 1.165) is 25.3 Å². The predicted octanol–water partition coefficient (Wildman–Crippen LogP) is 5.64. The molecule has 158 valence electrons. The second-order valence-corrected chi connectivity index (χ2v) is 11.7. The molecular formula is C18H41O6PSi. The van der Waals surface area contributed by atoms with Crippen LogP contribution in [0.5, 0.6) is 0 Å². The molecule has 0 aromatic heterocycles. The lowest BCUT2D eigenvalue weighted by Crippen LogP contribution is -2.42. The maximum absolute atomic E-state index is 12.3. The van der Waals surface area contributed by atoms with Crippen LogP contribution in [0.15, 0.2) is 0 Å². The van der Waals surface area contributed by atoms with Crippen LogP contribution in [0.1, 0.15) is 71.6 Å². The van der Waals surface area contributed by atoms with Crippen molar-refractivity contribution in [2.24, 2.45) is 0 Å². The van der Waals surface area contributed by atoms with Gasteiger partial charge in [0.1, 0.15) is 0 Å². The third-order valence-electron chi connectivity index (χ3n) is 4.50. The molecule has 0 aliphatic heterocycles. The molecule has 0 saturated carbocycles. The van der Waals surface area contributed by atoms with E-state index in [4.69, 9.17) is 22.3 Å². The largest absolute Gasteiger partial charge is 0.500 e. The molecule has 0 fully saturated rings. The van der Waals surface area contributed by atoms with Crippen molar-refractivity contribution in [3.8, 4) is 0 Å². The summed E-state index contributed by atoms with van der Waals surface area (Å²) in [5.74, 6) is 0. The molecule has 0 aliphatic rings. The van der Waals surface area contributed by atoms with E-state index >= 15 is 0 Å². The fourth-order valence-corrected chi connectivity index (χ4v) is 6.53. The van der Waals surface area contributed by atoms with E-state index in [1.807, 2.05) is 13.8 Å². The van der Waals surface area contributed by atoms with Crippen molar-refractivity contribution in [2.45, 2.75) is 77.7 Å². The van der Waals surface area contributed by atoms with Crippen molar-refractivity contribution in [2.75, 3.05) is 40.7 Å². The van der Waals surface area contributed by atoms with Gasteiger partial charge in [0.2, 0.25) is 0 Å². The highest BCUT2D eigenvalue weighted by Crippen LogP contribution is 2.48. The number of hydrogen-bond acceptors (Lipinski definition) is 6. The summed E-state index contributed by atoms with van der Waals surface area (Å²) in [6.45, 7) is 4.60. The Kier molecular flexibility index (Phi) is 16.4. The predicted molar refractivity (Wildman–Crippen MR) is 109 cm³/mol. The van der Waals surface area contributed by atoms with Gasteiger partial charge >= 0.3 is 16.4 Å². The zero-order valence-electron chi connectivity index (χ0n) is 17.6. The van der Waals surface area contributed by atoms with Gasteiger partial charge in [0.15, 0.2) is 0 Å². The Hall–Kier alpha value is 0.247. The van der Waals surface area contributed by atoms with Crippen LogP contribution in [0.2, 0.25) is 6.04 Å². The lowest BCUT2D eigenvalue weighted by atomic mass is 10.1.